The molecule has 0 bridgehead atoms. The van der Waals surface area contributed by atoms with Crippen LogP contribution in [0, 0.1) is 0 Å². The molecule has 0 spiro atoms. The second-order valence-electron chi connectivity index (χ2n) is 5.09. The molecule has 1 amide bonds. The lowest BCUT2D eigenvalue weighted by molar-refractivity contribution is -0.122. The van der Waals surface area contributed by atoms with Crippen molar-refractivity contribution in [1.82, 2.24) is 0 Å². The summed E-state index contributed by atoms with van der Waals surface area (Å²) in [7, 11) is 0. The highest BCUT2D eigenvalue weighted by molar-refractivity contribution is 6.30. The Bertz CT molecular complexity index is 685. The van der Waals surface area contributed by atoms with Gasteiger partial charge in [0.2, 0.25) is 0 Å². The fourth-order valence-electron chi connectivity index (χ4n) is 2.04. The first kappa shape index (κ1) is 17.9. The van der Waals surface area contributed by atoms with Gasteiger partial charge in [0.15, 0.2) is 6.10 Å². The van der Waals surface area contributed by atoms with Crippen LogP contribution < -0.4 is 14.8 Å². The third-order valence-corrected chi connectivity index (χ3v) is 3.46. The molecule has 0 unspecified atom stereocenters. The van der Waals surface area contributed by atoms with Crippen LogP contribution in [0.2, 0.25) is 5.02 Å². The Hall–Kier alpha value is -2.46. The van der Waals surface area contributed by atoms with Crippen LogP contribution in [-0.2, 0) is 4.79 Å². The molecule has 1 N–H and O–H groups in total. The van der Waals surface area contributed by atoms with Crippen LogP contribution in [0.5, 0.6) is 11.5 Å². The van der Waals surface area contributed by atoms with Crippen molar-refractivity contribution in [3.8, 4) is 11.5 Å². The summed E-state index contributed by atoms with van der Waals surface area (Å²) in [6.07, 6.45) is 1.62. The highest BCUT2D eigenvalue weighted by Crippen LogP contribution is 2.20. The third-order valence-electron chi connectivity index (χ3n) is 3.23. The molecule has 1 atom stereocenters. The van der Waals surface area contributed by atoms with Gasteiger partial charge >= 0.3 is 0 Å². The topological polar surface area (TPSA) is 47.6 Å². The summed E-state index contributed by atoms with van der Waals surface area (Å²) in [6.45, 7) is 5.93. The molecule has 0 aliphatic rings. The normalized spacial score (nSPS) is 11.4. The summed E-state index contributed by atoms with van der Waals surface area (Å²) in [6, 6.07) is 14.1. The maximum Gasteiger partial charge on any atom is 0.265 e. The number of carbonyl (C=O) groups excluding carboxylic acids is 1. The van der Waals surface area contributed by atoms with Crippen molar-refractivity contribution in [1.29, 1.82) is 0 Å². The number of anilines is 1. The zero-order valence-electron chi connectivity index (χ0n) is 13.5. The van der Waals surface area contributed by atoms with E-state index in [4.69, 9.17) is 21.1 Å². The number of rotatable bonds is 8. The van der Waals surface area contributed by atoms with Gasteiger partial charge < -0.3 is 14.8 Å². The van der Waals surface area contributed by atoms with E-state index in [1.54, 1.807) is 54.6 Å². The van der Waals surface area contributed by atoms with Crippen LogP contribution >= 0.6 is 11.6 Å². The molecule has 2 rings (SSSR count). The number of hydrogen-bond donors (Lipinski definition) is 1. The number of nitrogens with one attached hydrogen (secondary N) is 1. The van der Waals surface area contributed by atoms with Gasteiger partial charge in [-0.25, -0.2) is 0 Å². The number of amides is 1. The van der Waals surface area contributed by atoms with E-state index in [2.05, 4.69) is 11.9 Å². The minimum atomic E-state index is -0.597. The zero-order chi connectivity index (χ0) is 17.4. The van der Waals surface area contributed by atoms with Gasteiger partial charge in [0.05, 0.1) is 0 Å². The second-order valence-corrected chi connectivity index (χ2v) is 5.52. The maximum absolute atomic E-state index is 12.4. The van der Waals surface area contributed by atoms with Crippen molar-refractivity contribution < 1.29 is 14.3 Å². The van der Waals surface area contributed by atoms with Crippen molar-refractivity contribution in [3.63, 3.8) is 0 Å². The van der Waals surface area contributed by atoms with Gasteiger partial charge in [-0.05, 0) is 48.9 Å². The molecular formula is C19H20ClNO3. The second kappa shape index (κ2) is 8.99. The third kappa shape index (κ3) is 5.32. The average molecular weight is 346 g/mol. The van der Waals surface area contributed by atoms with Crippen LogP contribution in [0.25, 0.3) is 0 Å². The Kier molecular flexibility index (Phi) is 6.70. The van der Waals surface area contributed by atoms with Crippen molar-refractivity contribution >= 4 is 23.2 Å². The number of benzene rings is 2. The summed E-state index contributed by atoms with van der Waals surface area (Å²) in [5.74, 6) is 1.07. The highest BCUT2D eigenvalue weighted by Gasteiger charge is 2.18. The largest absolute Gasteiger partial charge is 0.490 e. The summed E-state index contributed by atoms with van der Waals surface area (Å²) < 4.78 is 11.1. The van der Waals surface area contributed by atoms with Crippen LogP contribution in [0.4, 0.5) is 5.69 Å². The van der Waals surface area contributed by atoms with Crippen LogP contribution in [0.3, 0.4) is 0 Å². The standard InChI is InChI=1S/C19H20ClNO3/c1-3-12-23-16-10-8-15(9-11-16)21-19(22)18(4-2)24-17-7-5-6-14(20)13-17/h3,5-11,13,18H,1,4,12H2,2H3,(H,21,22)/t18-/m1/s1. The first-order valence-electron chi connectivity index (χ1n) is 7.69. The van der Waals surface area contributed by atoms with Gasteiger partial charge in [-0.15, -0.1) is 0 Å². The molecule has 0 saturated heterocycles. The molecule has 0 heterocycles. The molecular weight excluding hydrogens is 326 g/mol. The van der Waals surface area contributed by atoms with Gasteiger partial charge in [0, 0.05) is 10.7 Å². The van der Waals surface area contributed by atoms with E-state index in [0.717, 1.165) is 5.75 Å². The van der Waals surface area contributed by atoms with E-state index in [-0.39, 0.29) is 5.91 Å². The fraction of sp³-hybridized carbons (Fsp3) is 0.211. The predicted octanol–water partition coefficient (Wildman–Crippen LogP) is 4.70. The Morgan fingerprint density at radius 3 is 2.62 bits per heavy atom. The highest BCUT2D eigenvalue weighted by atomic mass is 35.5. The number of ether oxygens (including phenoxy) is 2. The molecule has 0 fully saturated rings. The van der Waals surface area contributed by atoms with Crippen molar-refractivity contribution in [2.75, 3.05) is 11.9 Å². The Labute approximate surface area is 147 Å². The van der Waals surface area contributed by atoms with Crippen LogP contribution in [-0.4, -0.2) is 18.6 Å². The Morgan fingerprint density at radius 2 is 2.00 bits per heavy atom. The molecule has 2 aromatic rings. The average Bonchev–Trinajstić information content (AvgIpc) is 2.59. The van der Waals surface area contributed by atoms with E-state index in [0.29, 0.717) is 29.5 Å². The molecule has 5 heteroatoms. The first-order valence-corrected chi connectivity index (χ1v) is 8.07. The SMILES string of the molecule is C=CCOc1ccc(NC(=O)[C@@H](CC)Oc2cccc(Cl)c2)cc1. The van der Waals surface area contributed by atoms with Gasteiger partial charge in [-0.2, -0.15) is 0 Å². The van der Waals surface area contributed by atoms with Crippen LogP contribution in [0.1, 0.15) is 13.3 Å². The zero-order valence-corrected chi connectivity index (χ0v) is 14.3. The van der Waals surface area contributed by atoms with E-state index in [1.807, 2.05) is 6.92 Å². The minimum absolute atomic E-state index is 0.211. The monoisotopic (exact) mass is 345 g/mol. The van der Waals surface area contributed by atoms with Gasteiger partial charge in [-0.3, -0.25) is 4.79 Å². The predicted molar refractivity (Wildman–Crippen MR) is 96.9 cm³/mol. The molecule has 4 nitrogen and oxygen atoms in total. The lowest BCUT2D eigenvalue weighted by Crippen LogP contribution is -2.32. The quantitative estimate of drug-likeness (QED) is 0.705. The number of hydrogen-bond acceptors (Lipinski definition) is 3. The van der Waals surface area contributed by atoms with E-state index < -0.39 is 6.10 Å². The van der Waals surface area contributed by atoms with Crippen LogP contribution in [0.15, 0.2) is 61.2 Å². The summed E-state index contributed by atoms with van der Waals surface area (Å²) >= 11 is 5.93. The van der Waals surface area contributed by atoms with Gasteiger partial charge in [-0.1, -0.05) is 37.2 Å². The molecule has 0 aliphatic carbocycles. The Morgan fingerprint density at radius 1 is 1.25 bits per heavy atom. The number of halogens is 1. The van der Waals surface area contributed by atoms with Crippen molar-refractivity contribution in [2.24, 2.45) is 0 Å². The van der Waals surface area contributed by atoms with E-state index in [9.17, 15) is 4.79 Å². The number of carbonyl (C=O) groups is 1. The molecule has 24 heavy (non-hydrogen) atoms. The molecule has 2 aromatic carbocycles. The van der Waals surface area contributed by atoms with Gasteiger partial charge in [0.1, 0.15) is 18.1 Å². The first-order chi connectivity index (χ1) is 11.6. The fourth-order valence-corrected chi connectivity index (χ4v) is 2.22. The smallest absolute Gasteiger partial charge is 0.265 e. The minimum Gasteiger partial charge on any atom is -0.490 e. The van der Waals surface area contributed by atoms with Crippen molar-refractivity contribution in [2.45, 2.75) is 19.4 Å². The van der Waals surface area contributed by atoms with E-state index >= 15 is 0 Å². The van der Waals surface area contributed by atoms with Crippen molar-refractivity contribution in [3.05, 3.63) is 66.2 Å². The molecule has 0 radical (unpaired) electrons. The lowest BCUT2D eigenvalue weighted by atomic mass is 10.2. The summed E-state index contributed by atoms with van der Waals surface area (Å²) in [5, 5.41) is 3.41. The molecule has 0 aromatic heterocycles. The Balaban J connectivity index is 1.97. The molecule has 126 valence electrons. The molecule has 0 saturated carbocycles. The lowest BCUT2D eigenvalue weighted by Gasteiger charge is -2.17. The molecule has 0 aliphatic heterocycles. The van der Waals surface area contributed by atoms with Gasteiger partial charge in [0.25, 0.3) is 5.91 Å². The van der Waals surface area contributed by atoms with E-state index in [1.165, 1.54) is 0 Å². The summed E-state index contributed by atoms with van der Waals surface area (Å²) in [5.41, 5.74) is 0.680. The summed E-state index contributed by atoms with van der Waals surface area (Å²) in [4.78, 5) is 12.4. The maximum atomic E-state index is 12.4.